The van der Waals surface area contributed by atoms with Gasteiger partial charge in [-0.3, -0.25) is 14.5 Å². The van der Waals surface area contributed by atoms with Gasteiger partial charge in [0, 0.05) is 19.1 Å². The minimum atomic E-state index is -0.901. The van der Waals surface area contributed by atoms with Crippen LogP contribution in [0.15, 0.2) is 42.5 Å². The Kier molecular flexibility index (Phi) is 4.40. The SMILES string of the molecule is C[C@@H](NCCN1C(=O)c2ccccc2C1=O)c1ccc(F)c(F)c1. The third-order valence-electron chi connectivity index (χ3n) is 4.11. The number of fused-ring (bicyclic) bond motifs is 1. The van der Waals surface area contributed by atoms with Crippen molar-refractivity contribution in [3.05, 3.63) is 70.8 Å². The van der Waals surface area contributed by atoms with Crippen molar-refractivity contribution in [3.63, 3.8) is 0 Å². The molecule has 1 heterocycles. The largest absolute Gasteiger partial charge is 0.308 e. The van der Waals surface area contributed by atoms with E-state index in [1.165, 1.54) is 11.0 Å². The average Bonchev–Trinajstić information content (AvgIpc) is 2.82. The summed E-state index contributed by atoms with van der Waals surface area (Å²) in [6.45, 7) is 2.36. The Hall–Kier alpha value is -2.60. The van der Waals surface area contributed by atoms with Crippen LogP contribution in [-0.4, -0.2) is 29.8 Å². The van der Waals surface area contributed by atoms with Gasteiger partial charge in [-0.2, -0.15) is 0 Å². The summed E-state index contributed by atoms with van der Waals surface area (Å²) < 4.78 is 26.2. The lowest BCUT2D eigenvalue weighted by Gasteiger charge is -2.18. The Morgan fingerprint density at radius 2 is 1.62 bits per heavy atom. The minimum absolute atomic E-state index is 0.209. The van der Waals surface area contributed by atoms with E-state index in [0.717, 1.165) is 12.1 Å². The molecule has 1 aliphatic heterocycles. The molecule has 2 amide bonds. The second-order valence-electron chi connectivity index (χ2n) is 5.66. The predicted octanol–water partition coefficient (Wildman–Crippen LogP) is 2.91. The van der Waals surface area contributed by atoms with E-state index in [1.54, 1.807) is 31.2 Å². The minimum Gasteiger partial charge on any atom is -0.308 e. The second-order valence-corrected chi connectivity index (χ2v) is 5.66. The summed E-state index contributed by atoms with van der Waals surface area (Å²) in [5.41, 5.74) is 1.42. The first-order valence-corrected chi connectivity index (χ1v) is 7.62. The number of nitrogens with one attached hydrogen (secondary N) is 1. The molecule has 0 aliphatic carbocycles. The summed E-state index contributed by atoms with van der Waals surface area (Å²) in [6, 6.07) is 10.2. The monoisotopic (exact) mass is 330 g/mol. The topological polar surface area (TPSA) is 49.4 Å². The Morgan fingerprint density at radius 1 is 1.00 bits per heavy atom. The summed E-state index contributed by atoms with van der Waals surface area (Å²) in [5, 5.41) is 3.11. The van der Waals surface area contributed by atoms with Crippen LogP contribution < -0.4 is 5.32 Å². The highest BCUT2D eigenvalue weighted by Gasteiger charge is 2.34. The van der Waals surface area contributed by atoms with Gasteiger partial charge in [-0.25, -0.2) is 8.78 Å². The normalized spacial score (nSPS) is 14.9. The van der Waals surface area contributed by atoms with Crippen molar-refractivity contribution in [2.45, 2.75) is 13.0 Å². The number of amides is 2. The van der Waals surface area contributed by atoms with Crippen LogP contribution in [0, 0.1) is 11.6 Å². The molecule has 0 spiro atoms. The molecule has 6 heteroatoms. The fraction of sp³-hybridized carbons (Fsp3) is 0.222. The van der Waals surface area contributed by atoms with Gasteiger partial charge in [-0.1, -0.05) is 18.2 Å². The van der Waals surface area contributed by atoms with Crippen molar-refractivity contribution in [2.75, 3.05) is 13.1 Å². The van der Waals surface area contributed by atoms with Crippen molar-refractivity contribution in [1.82, 2.24) is 10.2 Å². The summed E-state index contributed by atoms with van der Waals surface area (Å²) >= 11 is 0. The van der Waals surface area contributed by atoms with E-state index in [9.17, 15) is 18.4 Å². The number of hydrogen-bond donors (Lipinski definition) is 1. The zero-order valence-electron chi connectivity index (χ0n) is 13.1. The lowest BCUT2D eigenvalue weighted by Crippen LogP contribution is -2.37. The molecular weight excluding hydrogens is 314 g/mol. The van der Waals surface area contributed by atoms with Crippen molar-refractivity contribution >= 4 is 11.8 Å². The van der Waals surface area contributed by atoms with Crippen LogP contribution in [0.1, 0.15) is 39.2 Å². The highest BCUT2D eigenvalue weighted by molar-refractivity contribution is 6.21. The third kappa shape index (κ3) is 2.92. The van der Waals surface area contributed by atoms with Crippen molar-refractivity contribution < 1.29 is 18.4 Å². The number of rotatable bonds is 5. The molecule has 2 aromatic rings. The smallest absolute Gasteiger partial charge is 0.261 e. The molecule has 0 saturated heterocycles. The first-order chi connectivity index (χ1) is 11.5. The molecule has 1 N–H and O–H groups in total. The predicted molar refractivity (Wildman–Crippen MR) is 84.6 cm³/mol. The van der Waals surface area contributed by atoms with Crippen LogP contribution in [0.5, 0.6) is 0 Å². The van der Waals surface area contributed by atoms with Gasteiger partial charge in [0.15, 0.2) is 11.6 Å². The van der Waals surface area contributed by atoms with Gasteiger partial charge in [0.05, 0.1) is 11.1 Å². The number of carbonyl (C=O) groups is 2. The number of imide groups is 1. The number of carbonyl (C=O) groups excluding carboxylic acids is 2. The Bertz CT molecular complexity index is 772. The quantitative estimate of drug-likeness (QED) is 0.858. The first-order valence-electron chi connectivity index (χ1n) is 7.62. The molecule has 0 bridgehead atoms. The zero-order valence-corrected chi connectivity index (χ0v) is 13.1. The molecule has 0 fully saturated rings. The number of nitrogens with zero attached hydrogens (tertiary/aromatic N) is 1. The van der Waals surface area contributed by atoms with Crippen LogP contribution in [0.25, 0.3) is 0 Å². The molecule has 2 aromatic carbocycles. The van der Waals surface area contributed by atoms with Crippen LogP contribution >= 0.6 is 0 Å². The third-order valence-corrected chi connectivity index (χ3v) is 4.11. The van der Waals surface area contributed by atoms with Gasteiger partial charge < -0.3 is 5.32 Å². The van der Waals surface area contributed by atoms with Crippen LogP contribution in [0.4, 0.5) is 8.78 Å². The molecule has 124 valence electrons. The Labute approximate surface area is 138 Å². The Morgan fingerprint density at radius 3 is 2.21 bits per heavy atom. The van der Waals surface area contributed by atoms with Crippen molar-refractivity contribution in [3.8, 4) is 0 Å². The van der Waals surface area contributed by atoms with Crippen LogP contribution in [0.2, 0.25) is 0 Å². The lowest BCUT2D eigenvalue weighted by atomic mass is 10.1. The van der Waals surface area contributed by atoms with Crippen molar-refractivity contribution in [1.29, 1.82) is 0 Å². The molecule has 0 saturated carbocycles. The van der Waals surface area contributed by atoms with E-state index in [0.29, 0.717) is 23.2 Å². The van der Waals surface area contributed by atoms with E-state index in [4.69, 9.17) is 0 Å². The maximum absolute atomic E-state index is 13.3. The van der Waals surface area contributed by atoms with E-state index in [1.807, 2.05) is 0 Å². The van der Waals surface area contributed by atoms with E-state index in [2.05, 4.69) is 5.32 Å². The van der Waals surface area contributed by atoms with Gasteiger partial charge in [0.2, 0.25) is 0 Å². The highest BCUT2D eigenvalue weighted by atomic mass is 19.2. The average molecular weight is 330 g/mol. The van der Waals surface area contributed by atoms with Crippen LogP contribution in [-0.2, 0) is 0 Å². The summed E-state index contributed by atoms with van der Waals surface area (Å²) in [5.74, 6) is -2.41. The molecule has 0 unspecified atom stereocenters. The second kappa shape index (κ2) is 6.49. The highest BCUT2D eigenvalue weighted by Crippen LogP contribution is 2.22. The number of hydrogen-bond acceptors (Lipinski definition) is 3. The molecule has 1 aliphatic rings. The van der Waals surface area contributed by atoms with E-state index in [-0.39, 0.29) is 24.4 Å². The van der Waals surface area contributed by atoms with Gasteiger partial charge in [-0.15, -0.1) is 0 Å². The maximum atomic E-state index is 13.3. The summed E-state index contributed by atoms with van der Waals surface area (Å²) in [7, 11) is 0. The summed E-state index contributed by atoms with van der Waals surface area (Å²) in [6.07, 6.45) is 0. The summed E-state index contributed by atoms with van der Waals surface area (Å²) in [4.78, 5) is 25.6. The van der Waals surface area contributed by atoms with Gasteiger partial charge in [0.25, 0.3) is 11.8 Å². The molecule has 4 nitrogen and oxygen atoms in total. The molecule has 1 atom stereocenters. The molecule has 3 rings (SSSR count). The van der Waals surface area contributed by atoms with Crippen LogP contribution in [0.3, 0.4) is 0 Å². The zero-order chi connectivity index (χ0) is 17.3. The fourth-order valence-electron chi connectivity index (χ4n) is 2.73. The maximum Gasteiger partial charge on any atom is 0.261 e. The van der Waals surface area contributed by atoms with Gasteiger partial charge in [-0.05, 0) is 36.8 Å². The molecule has 0 radical (unpaired) electrons. The fourth-order valence-corrected chi connectivity index (χ4v) is 2.73. The standard InChI is InChI=1S/C18H16F2N2O2/c1-11(12-6-7-15(19)16(20)10-12)21-8-9-22-17(23)13-4-2-3-5-14(13)18(22)24/h2-7,10-11,21H,8-9H2,1H3/t11-/m1/s1. The lowest BCUT2D eigenvalue weighted by molar-refractivity contribution is 0.0654. The van der Waals surface area contributed by atoms with Gasteiger partial charge >= 0.3 is 0 Å². The number of benzene rings is 2. The van der Waals surface area contributed by atoms with Gasteiger partial charge in [0.1, 0.15) is 0 Å². The number of halogens is 2. The molecule has 0 aromatic heterocycles. The van der Waals surface area contributed by atoms with E-state index < -0.39 is 11.6 Å². The Balaban J connectivity index is 1.60. The first kappa shape index (κ1) is 16.3. The van der Waals surface area contributed by atoms with Crippen molar-refractivity contribution in [2.24, 2.45) is 0 Å². The van der Waals surface area contributed by atoms with E-state index >= 15 is 0 Å². The molecular formula is C18H16F2N2O2. The molecule has 24 heavy (non-hydrogen) atoms.